The number of ether oxygens (including phenoxy) is 2. The number of phenols is 4. The van der Waals surface area contributed by atoms with Crippen molar-refractivity contribution < 1.29 is 53.9 Å². The summed E-state index contributed by atoms with van der Waals surface area (Å²) < 4.78 is 15.0. The number of aryl methyl sites for hydroxylation is 4. The molecular weight excluding hydrogens is 1450 g/mol. The minimum absolute atomic E-state index is 0.00628. The molecule has 1 aliphatic heterocycles. The van der Waals surface area contributed by atoms with E-state index >= 15 is 0 Å². The fourth-order valence-electron chi connectivity index (χ4n) is 15.1. The number of phenolic OH excluding ortho intramolecular Hbond substituents is 4. The van der Waals surface area contributed by atoms with E-state index in [1.54, 1.807) is 11.0 Å². The summed E-state index contributed by atoms with van der Waals surface area (Å²) in [5.74, 6) is 0.119. The normalized spacial score (nSPS) is 17.8. The van der Waals surface area contributed by atoms with E-state index < -0.39 is 29.2 Å². The highest BCUT2D eigenvalue weighted by atomic mass is 16.5. The van der Waals surface area contributed by atoms with Crippen molar-refractivity contribution in [1.29, 1.82) is 0 Å². The van der Waals surface area contributed by atoms with Gasteiger partial charge in [0, 0.05) is 73.8 Å². The number of nitrogens with zero attached hydrogens (tertiary/aromatic N) is 10. The van der Waals surface area contributed by atoms with Gasteiger partial charge in [-0.3, -0.25) is 24.0 Å². The van der Waals surface area contributed by atoms with Gasteiger partial charge in [-0.25, -0.2) is 33.5 Å². The van der Waals surface area contributed by atoms with Gasteiger partial charge in [0.25, 0.3) is 11.8 Å². The Labute approximate surface area is 668 Å². The van der Waals surface area contributed by atoms with E-state index in [-0.39, 0.29) is 107 Å². The summed E-state index contributed by atoms with van der Waals surface area (Å²) in [7, 11) is 3.71. The van der Waals surface area contributed by atoms with Crippen LogP contribution in [-0.4, -0.2) is 131 Å². The zero-order valence-electron chi connectivity index (χ0n) is 68.6. The number of aromatic amines is 1. The van der Waals surface area contributed by atoms with Crippen LogP contribution in [0.25, 0.3) is 11.3 Å². The van der Waals surface area contributed by atoms with Crippen LogP contribution < -0.4 is 37.6 Å². The van der Waals surface area contributed by atoms with Gasteiger partial charge in [-0.2, -0.15) is 4.68 Å². The minimum Gasteiger partial charge on any atom is -0.507 e. The number of allylic oxidation sites excluding steroid dienone is 9. The van der Waals surface area contributed by atoms with Crippen LogP contribution >= 0.6 is 0 Å². The van der Waals surface area contributed by atoms with Crippen LogP contribution in [0.5, 0.6) is 34.5 Å². The number of benzene rings is 3. The highest BCUT2D eigenvalue weighted by molar-refractivity contribution is 5.97. The molecular formula is C87H120N14O13. The first-order valence-corrected chi connectivity index (χ1v) is 40.1. The highest BCUT2D eigenvalue weighted by Gasteiger charge is 2.35. The average molecular weight is 1570 g/mol. The third-order valence-electron chi connectivity index (χ3n) is 21.4. The molecule has 114 heavy (non-hydrogen) atoms. The molecule has 11 rings (SSSR count). The summed E-state index contributed by atoms with van der Waals surface area (Å²) in [6.45, 7) is 33.2. The van der Waals surface area contributed by atoms with Crippen LogP contribution in [0.4, 0.5) is 0 Å². The number of carbonyl (C=O) groups is 5. The van der Waals surface area contributed by atoms with Crippen LogP contribution in [0.1, 0.15) is 269 Å². The van der Waals surface area contributed by atoms with Crippen LogP contribution in [0.3, 0.4) is 0 Å². The Balaban J connectivity index is 0.000000216. The highest BCUT2D eigenvalue weighted by Crippen LogP contribution is 2.50. The van der Waals surface area contributed by atoms with Gasteiger partial charge in [-0.15, -0.1) is 10.2 Å². The molecule has 3 amide bonds. The second-order valence-electron chi connectivity index (χ2n) is 30.8. The Morgan fingerprint density at radius 2 is 0.965 bits per heavy atom. The molecule has 3 aliphatic carbocycles. The molecule has 0 saturated carbocycles. The van der Waals surface area contributed by atoms with Gasteiger partial charge >= 0.3 is 23.3 Å². The molecule has 4 aliphatic rings. The number of hydrogen-bond acceptors (Lipinski definition) is 20. The first kappa shape index (κ1) is 90.4. The second kappa shape index (κ2) is 44.0. The number of nitrogens with two attached hydrogens (primary N) is 2. The van der Waals surface area contributed by atoms with Gasteiger partial charge in [0.2, 0.25) is 5.91 Å². The number of H-pyrrole nitrogens is 1. The van der Waals surface area contributed by atoms with Crippen LogP contribution in [-0.2, 0) is 40.2 Å². The van der Waals surface area contributed by atoms with E-state index in [2.05, 4.69) is 121 Å². The molecule has 27 heteroatoms. The molecule has 27 nitrogen and oxygen atoms in total. The maximum absolute atomic E-state index is 13.0. The molecule has 7 aromatic rings. The molecule has 0 unspecified atom stereocenters. The van der Waals surface area contributed by atoms with Gasteiger partial charge in [0.15, 0.2) is 22.7 Å². The standard InChI is InChI=1S/C30H38N6O5.C26H39NO3.C21H30O2.C5H4N6O2.C5H9NO/c1-5-6-7-9-20-15-23(37)26(22-14-19(4)11-12-21(22)18(2)3)24(16-20)41-25(38)10-8-13-36-30(40)35-17-32-27(28(31)39)29(35)33-34-36;1-6-7-8-10-20-16-23(28)26(22-15-19(4)12-13-21(22)18(2)3)24(17-20)30-25(29)11-9-14-27-5;1-5-6-7-8-16-12-19(22)21(20(23)13-16)18-11-15(4)9-10-17(18)14(2)3;6-3(12)2-4-8-10-9-5(13)11(4)1-7-2;1-6-4-2-3-5(6)7/h14-17,21-22,37H,2,5-13H2,1,3-4H3,(H2,31,39);15-17,21-22,27-28H,2,6-14H2,1,3-5H3;11-13,17-18,22-23H,2,5-10H2,1,3-4H3;1H,(H2,6,12)(H,8,9,13);2-4H2,1H3/t2*21-,22+;17-,18+;;/m000../s1. The lowest BCUT2D eigenvalue weighted by molar-refractivity contribution is -0.135. The first-order valence-electron chi connectivity index (χ1n) is 40.1. The van der Waals surface area contributed by atoms with Crippen LogP contribution in [0, 0.1) is 17.8 Å². The number of esters is 2. The Kier molecular flexibility index (Phi) is 34.9. The number of aromatic hydroxyl groups is 4. The van der Waals surface area contributed by atoms with Gasteiger partial charge in [0.05, 0.1) is 0 Å². The summed E-state index contributed by atoms with van der Waals surface area (Å²) in [4.78, 5) is 91.2. The van der Waals surface area contributed by atoms with E-state index in [1.165, 1.54) is 35.9 Å². The molecule has 0 bridgehead atoms. The molecule has 0 radical (unpaired) electrons. The SMILES string of the molecule is C=C(C)[C@@H]1CCC(C)=C[C@H]1c1c(O)cc(CCCCC)cc1O.C=C(C)[C@@H]1CCC(C)=C[C@H]1c1c(O)cc(CCCCC)cc1OC(=O)CCCNC.C=C(C)[C@@H]1CCC(C)=C[C@H]1c1c(O)cc(CCCCC)cc1OC(=O)CCCn1nnc2c(C(N)=O)ncn2c1=O.CN1CCCC1=O.NC(=O)c1ncn2c(=O)[nH]nnc12. The number of fused-ring (bicyclic) bond motifs is 2. The van der Waals surface area contributed by atoms with Crippen molar-refractivity contribution in [3.63, 3.8) is 0 Å². The predicted molar refractivity (Wildman–Crippen MR) is 442 cm³/mol. The summed E-state index contributed by atoms with van der Waals surface area (Å²) in [5, 5.41) is 63.0. The first-order chi connectivity index (χ1) is 54.4. The molecule has 3 aromatic carbocycles. The second-order valence-corrected chi connectivity index (χ2v) is 30.8. The smallest absolute Gasteiger partial charge is 0.352 e. The zero-order chi connectivity index (χ0) is 83.5. The predicted octanol–water partition coefficient (Wildman–Crippen LogP) is 14.3. The third-order valence-corrected chi connectivity index (χ3v) is 21.4. The van der Waals surface area contributed by atoms with Crippen molar-refractivity contribution >= 4 is 41.0 Å². The Morgan fingerprint density at radius 1 is 0.561 bits per heavy atom. The largest absolute Gasteiger partial charge is 0.507 e. The molecule has 1 fully saturated rings. The van der Waals surface area contributed by atoms with Crippen LogP contribution in [0.2, 0.25) is 0 Å². The number of nitrogens with one attached hydrogen (secondary N) is 2. The number of hydrogen-bond donors (Lipinski definition) is 8. The molecule has 616 valence electrons. The van der Waals surface area contributed by atoms with Crippen molar-refractivity contribution in [2.75, 3.05) is 27.2 Å². The summed E-state index contributed by atoms with van der Waals surface area (Å²) in [6.07, 6.45) is 30.4. The number of amides is 3. The molecule has 6 atom stereocenters. The fraction of sp³-hybridized carbons (Fsp3) is 0.506. The van der Waals surface area contributed by atoms with Gasteiger partial charge in [-0.05, 0) is 222 Å². The molecule has 0 spiro atoms. The number of carbonyl (C=O) groups excluding carboxylic acids is 5. The number of aromatic nitrogens is 10. The van der Waals surface area contributed by atoms with E-state index in [0.717, 1.165) is 194 Å². The third kappa shape index (κ3) is 25.1. The average Bonchev–Trinajstić information content (AvgIpc) is 1.03. The van der Waals surface area contributed by atoms with Crippen molar-refractivity contribution in [3.05, 3.63) is 186 Å². The summed E-state index contributed by atoms with van der Waals surface area (Å²) in [6, 6.07) is 11.1. The maximum Gasteiger partial charge on any atom is 0.352 e. The minimum atomic E-state index is -0.810. The number of rotatable bonds is 30. The Hall–Kier alpha value is -10.8. The van der Waals surface area contributed by atoms with Crippen molar-refractivity contribution in [2.24, 2.45) is 29.2 Å². The van der Waals surface area contributed by atoms with Gasteiger partial charge < -0.3 is 51.6 Å². The lowest BCUT2D eigenvalue weighted by atomic mass is 9.73. The fourth-order valence-corrected chi connectivity index (χ4v) is 15.1. The quantitative estimate of drug-likeness (QED) is 0.00897. The Bertz CT molecular complexity index is 4750. The number of imidazole rings is 2. The Morgan fingerprint density at radius 3 is 1.35 bits per heavy atom. The zero-order valence-corrected chi connectivity index (χ0v) is 68.6. The summed E-state index contributed by atoms with van der Waals surface area (Å²) >= 11 is 0. The molecule has 10 N–H and O–H groups in total. The molecule has 5 heterocycles. The monoisotopic (exact) mass is 1570 g/mol. The van der Waals surface area contributed by atoms with Crippen molar-refractivity contribution in [2.45, 2.75) is 241 Å². The van der Waals surface area contributed by atoms with E-state index in [1.807, 2.05) is 65.2 Å². The van der Waals surface area contributed by atoms with E-state index in [0.29, 0.717) is 35.0 Å². The maximum atomic E-state index is 13.0. The number of primary amides is 2. The number of likely N-dealkylation sites (tertiary alicyclic amines) is 1. The number of unbranched alkanes of at least 4 members (excludes halogenated alkanes) is 6. The molecule has 1 saturated heterocycles. The van der Waals surface area contributed by atoms with E-state index in [9.17, 15) is 54.0 Å². The van der Waals surface area contributed by atoms with Crippen molar-refractivity contribution in [3.8, 4) is 34.5 Å². The van der Waals surface area contributed by atoms with E-state index in [4.69, 9.17) is 20.9 Å². The molecule has 4 aromatic heterocycles. The lowest BCUT2D eigenvalue weighted by Gasteiger charge is -2.32. The van der Waals surface area contributed by atoms with Crippen molar-refractivity contribution in [1.82, 2.24) is 59.4 Å². The lowest BCUT2D eigenvalue weighted by Crippen LogP contribution is -2.30. The van der Waals surface area contributed by atoms with Gasteiger partial charge in [0.1, 0.15) is 47.2 Å². The van der Waals surface area contributed by atoms with Gasteiger partial charge in [-0.1, -0.05) is 141 Å². The van der Waals surface area contributed by atoms with Crippen LogP contribution in [0.15, 0.2) is 130 Å². The topological polar surface area (TPSA) is 393 Å². The summed E-state index contributed by atoms with van der Waals surface area (Å²) in [5.41, 5.74) is 21.0.